The summed E-state index contributed by atoms with van der Waals surface area (Å²) in [7, 11) is 1.51. The van der Waals surface area contributed by atoms with Crippen LogP contribution in [0.3, 0.4) is 0 Å². The van der Waals surface area contributed by atoms with Crippen molar-refractivity contribution in [2.24, 2.45) is 0 Å². The van der Waals surface area contributed by atoms with Crippen molar-refractivity contribution in [2.45, 2.75) is 56.7 Å². The van der Waals surface area contributed by atoms with Gasteiger partial charge in [-0.2, -0.15) is 0 Å². The van der Waals surface area contributed by atoms with E-state index in [1.165, 1.54) is 19.2 Å². The summed E-state index contributed by atoms with van der Waals surface area (Å²) in [5.74, 6) is -1.25. The number of anilines is 1. The van der Waals surface area contributed by atoms with Gasteiger partial charge in [0.05, 0.1) is 6.04 Å². The Kier molecular flexibility index (Phi) is 6.35. The molecule has 194 valence electrons. The lowest BCUT2D eigenvalue weighted by molar-refractivity contribution is -0.143. The Morgan fingerprint density at radius 1 is 1.14 bits per heavy atom. The van der Waals surface area contributed by atoms with Crippen molar-refractivity contribution in [1.82, 2.24) is 15.1 Å². The first-order valence-electron chi connectivity index (χ1n) is 12.5. The molecule has 3 atom stereocenters. The number of rotatable bonds is 5. The van der Waals surface area contributed by atoms with Gasteiger partial charge in [-0.05, 0) is 61.1 Å². The van der Waals surface area contributed by atoms with Gasteiger partial charge in [0.15, 0.2) is 0 Å². The van der Waals surface area contributed by atoms with Crippen molar-refractivity contribution in [3.05, 3.63) is 65.0 Å². The summed E-state index contributed by atoms with van der Waals surface area (Å²) in [5, 5.41) is 5.17. The third-order valence-electron chi connectivity index (χ3n) is 7.65. The Labute approximate surface area is 213 Å². The first-order valence-corrected chi connectivity index (χ1v) is 12.5. The molecular formula is C27H29FN4O5. The molecule has 1 aliphatic carbocycles. The molecule has 0 unspecified atom stereocenters. The minimum atomic E-state index is -1.47. The average Bonchev–Trinajstić information content (AvgIpc) is 3.55. The van der Waals surface area contributed by atoms with Crippen molar-refractivity contribution < 1.29 is 28.3 Å². The van der Waals surface area contributed by atoms with Crippen LogP contribution in [-0.4, -0.2) is 53.4 Å². The summed E-state index contributed by atoms with van der Waals surface area (Å²) < 4.78 is 19.1. The second kappa shape index (κ2) is 9.49. The van der Waals surface area contributed by atoms with E-state index in [-0.39, 0.29) is 36.3 Å². The number of carbonyl (C=O) groups excluding carboxylic acids is 4. The van der Waals surface area contributed by atoms with Crippen molar-refractivity contribution >= 4 is 29.6 Å². The number of imide groups is 1. The van der Waals surface area contributed by atoms with Crippen LogP contribution in [0.2, 0.25) is 0 Å². The van der Waals surface area contributed by atoms with Gasteiger partial charge in [0.25, 0.3) is 5.91 Å². The Morgan fingerprint density at radius 3 is 2.59 bits per heavy atom. The highest BCUT2D eigenvalue weighted by Gasteiger charge is 2.58. The highest BCUT2D eigenvalue weighted by molar-refractivity contribution is 6.06. The predicted molar refractivity (Wildman–Crippen MR) is 132 cm³/mol. The molecule has 5 amide bonds. The molecule has 2 heterocycles. The normalized spacial score (nSPS) is 24.4. The van der Waals surface area contributed by atoms with Gasteiger partial charge in [0.1, 0.15) is 12.4 Å². The topological polar surface area (TPSA) is 108 Å². The summed E-state index contributed by atoms with van der Waals surface area (Å²) in [6.45, 7) is 1.57. The zero-order valence-electron chi connectivity index (χ0n) is 20.8. The number of carbonyl (C=O) groups is 4. The van der Waals surface area contributed by atoms with Gasteiger partial charge in [0.2, 0.25) is 11.5 Å². The highest BCUT2D eigenvalue weighted by Crippen LogP contribution is 2.46. The fraction of sp³-hybridized carbons (Fsp3) is 0.407. The summed E-state index contributed by atoms with van der Waals surface area (Å²) in [6, 6.07) is 10.5. The van der Waals surface area contributed by atoms with E-state index in [2.05, 4.69) is 10.6 Å². The summed E-state index contributed by atoms with van der Waals surface area (Å²) in [4.78, 5) is 54.3. The predicted octanol–water partition coefficient (Wildman–Crippen LogP) is 3.84. The van der Waals surface area contributed by atoms with E-state index in [1.54, 1.807) is 35.2 Å². The fourth-order valence-corrected chi connectivity index (χ4v) is 5.81. The number of likely N-dealkylation sites (tertiary alicyclic amines) is 1. The van der Waals surface area contributed by atoms with Gasteiger partial charge in [-0.1, -0.05) is 25.1 Å². The maximum absolute atomic E-state index is 13.6. The molecule has 3 aliphatic rings. The molecule has 0 radical (unpaired) electrons. The van der Waals surface area contributed by atoms with E-state index < -0.39 is 24.1 Å². The third kappa shape index (κ3) is 4.20. The van der Waals surface area contributed by atoms with E-state index in [9.17, 15) is 23.6 Å². The van der Waals surface area contributed by atoms with Crippen molar-refractivity contribution in [1.29, 1.82) is 0 Å². The van der Waals surface area contributed by atoms with Crippen LogP contribution in [-0.2, 0) is 26.3 Å². The van der Waals surface area contributed by atoms with E-state index in [0.29, 0.717) is 17.7 Å². The van der Waals surface area contributed by atoms with Gasteiger partial charge >= 0.3 is 12.1 Å². The number of nitrogens with zero attached hydrogens (tertiary/aromatic N) is 2. The third-order valence-corrected chi connectivity index (χ3v) is 7.65. The van der Waals surface area contributed by atoms with Crippen molar-refractivity contribution in [2.75, 3.05) is 18.9 Å². The van der Waals surface area contributed by atoms with Gasteiger partial charge in [-0.25, -0.2) is 18.9 Å². The fourth-order valence-electron chi connectivity index (χ4n) is 5.81. The molecule has 2 saturated heterocycles. The lowest BCUT2D eigenvalue weighted by Crippen LogP contribution is -2.46. The molecule has 9 nitrogen and oxygen atoms in total. The molecule has 5 rings (SSSR count). The lowest BCUT2D eigenvalue weighted by Gasteiger charge is -2.31. The van der Waals surface area contributed by atoms with Gasteiger partial charge in [0, 0.05) is 30.8 Å². The molecule has 0 bridgehead atoms. The highest BCUT2D eigenvalue weighted by atomic mass is 19.1. The molecule has 2 aromatic carbocycles. The minimum Gasteiger partial charge on any atom is -0.427 e. The van der Waals surface area contributed by atoms with E-state index in [0.717, 1.165) is 35.3 Å². The van der Waals surface area contributed by atoms with Gasteiger partial charge in [-0.3, -0.25) is 9.59 Å². The molecular weight excluding hydrogens is 479 g/mol. The monoisotopic (exact) mass is 508 g/mol. The molecule has 0 saturated carbocycles. The zero-order chi connectivity index (χ0) is 26.3. The average molecular weight is 509 g/mol. The number of hydrogen-bond acceptors (Lipinski definition) is 5. The summed E-state index contributed by atoms with van der Waals surface area (Å²) in [5.41, 5.74) is 1.28. The Bertz CT molecular complexity index is 1270. The van der Waals surface area contributed by atoms with Crippen LogP contribution in [0, 0.1) is 5.82 Å². The van der Waals surface area contributed by atoms with Crippen LogP contribution in [0.1, 0.15) is 55.3 Å². The second-order valence-corrected chi connectivity index (χ2v) is 9.67. The SMILES string of the molecule is CC[C@H]1CC[C@H](c2ccc(F)cc2)N1C(=O)CN1C(=O)O[C@@]2(CCc3cc(NC(=O)NC)ccc32)C1=O. The number of benzene rings is 2. The molecule has 2 N–H and O–H groups in total. The van der Waals surface area contributed by atoms with Crippen molar-refractivity contribution in [3.8, 4) is 0 Å². The first-order chi connectivity index (χ1) is 17.8. The van der Waals surface area contributed by atoms with Crippen LogP contribution in [0.15, 0.2) is 42.5 Å². The Hall–Kier alpha value is -3.95. The number of fused-ring (bicyclic) bond motifs is 2. The van der Waals surface area contributed by atoms with E-state index >= 15 is 0 Å². The first kappa shape index (κ1) is 24.7. The van der Waals surface area contributed by atoms with Crippen LogP contribution >= 0.6 is 0 Å². The van der Waals surface area contributed by atoms with Gasteiger partial charge in [-0.15, -0.1) is 0 Å². The van der Waals surface area contributed by atoms with Gasteiger partial charge < -0.3 is 20.3 Å². The maximum Gasteiger partial charge on any atom is 0.418 e. The number of nitrogens with one attached hydrogen (secondary N) is 2. The number of hydrogen-bond donors (Lipinski definition) is 2. The smallest absolute Gasteiger partial charge is 0.418 e. The minimum absolute atomic E-state index is 0.0383. The molecule has 2 aromatic rings. The largest absolute Gasteiger partial charge is 0.427 e. The molecule has 10 heteroatoms. The zero-order valence-corrected chi connectivity index (χ0v) is 20.8. The molecule has 37 heavy (non-hydrogen) atoms. The lowest BCUT2D eigenvalue weighted by atomic mass is 9.94. The molecule has 1 spiro atoms. The Morgan fingerprint density at radius 2 is 1.89 bits per heavy atom. The van der Waals surface area contributed by atoms with Crippen LogP contribution in [0.5, 0.6) is 0 Å². The standard InChI is InChI=1S/C27H29FN4O5/c1-3-20-9-11-22(16-4-6-18(28)7-5-16)32(20)23(33)15-31-24(34)27(37-26(31)36)13-12-17-14-19(8-10-21(17)27)30-25(35)29-2/h4-8,10,14,20,22H,3,9,11-13,15H2,1-2H3,(H2,29,30,35)/t20-,22+,27+/m0/s1. The van der Waals surface area contributed by atoms with E-state index in [1.807, 2.05) is 6.92 Å². The molecule has 2 fully saturated rings. The number of urea groups is 1. The summed E-state index contributed by atoms with van der Waals surface area (Å²) in [6.07, 6.45) is 2.14. The molecule has 0 aromatic heterocycles. The number of halogens is 1. The second-order valence-electron chi connectivity index (χ2n) is 9.67. The van der Waals surface area contributed by atoms with Crippen LogP contribution < -0.4 is 10.6 Å². The number of ether oxygens (including phenoxy) is 1. The van der Waals surface area contributed by atoms with Crippen molar-refractivity contribution in [3.63, 3.8) is 0 Å². The summed E-state index contributed by atoms with van der Waals surface area (Å²) >= 11 is 0. The number of amides is 5. The number of aryl methyl sites for hydroxylation is 1. The van der Waals surface area contributed by atoms with Crippen LogP contribution in [0.25, 0.3) is 0 Å². The molecule has 2 aliphatic heterocycles. The quantitative estimate of drug-likeness (QED) is 0.638. The maximum atomic E-state index is 13.6. The Balaban J connectivity index is 1.36. The van der Waals surface area contributed by atoms with Crippen LogP contribution in [0.4, 0.5) is 19.7 Å². The van der Waals surface area contributed by atoms with E-state index in [4.69, 9.17) is 4.74 Å².